The first-order valence-electron chi connectivity index (χ1n) is 9.53. The number of aryl methyl sites for hydroxylation is 1. The number of allylic oxidation sites excluding steroid dienone is 1. The molecule has 0 unspecified atom stereocenters. The van der Waals surface area contributed by atoms with Gasteiger partial charge < -0.3 is 14.8 Å². The summed E-state index contributed by atoms with van der Waals surface area (Å²) in [5.41, 5.74) is 4.04. The van der Waals surface area contributed by atoms with E-state index in [2.05, 4.69) is 5.32 Å². The molecule has 2 atom stereocenters. The van der Waals surface area contributed by atoms with Crippen LogP contribution >= 0.6 is 0 Å². The first kappa shape index (κ1) is 21.3. The zero-order chi connectivity index (χ0) is 21.8. The number of esters is 2. The van der Waals surface area contributed by atoms with Crippen LogP contribution in [0.1, 0.15) is 24.0 Å². The maximum absolute atomic E-state index is 13.6. The van der Waals surface area contributed by atoms with Gasteiger partial charge in [-0.3, -0.25) is 4.79 Å². The van der Waals surface area contributed by atoms with Crippen molar-refractivity contribution in [1.82, 2.24) is 0 Å². The van der Waals surface area contributed by atoms with E-state index in [1.54, 1.807) is 18.2 Å². The van der Waals surface area contributed by atoms with E-state index in [9.17, 15) is 14.0 Å². The Kier molecular flexibility index (Phi) is 6.35. The van der Waals surface area contributed by atoms with Crippen LogP contribution in [-0.2, 0) is 19.1 Å². The van der Waals surface area contributed by atoms with E-state index >= 15 is 0 Å². The van der Waals surface area contributed by atoms with Gasteiger partial charge in [-0.1, -0.05) is 35.4 Å². The van der Waals surface area contributed by atoms with E-state index in [1.807, 2.05) is 38.1 Å². The fraction of sp³-hybridized carbons (Fsp3) is 0.250. The molecule has 3 rings (SSSR count). The normalized spacial score (nSPS) is 18.5. The molecule has 0 amide bonds. The molecule has 2 aromatic rings. The van der Waals surface area contributed by atoms with Gasteiger partial charge in [0.25, 0.3) is 0 Å². The second-order valence-electron chi connectivity index (χ2n) is 7.23. The molecule has 156 valence electrons. The fourth-order valence-electron chi connectivity index (χ4n) is 3.71. The van der Waals surface area contributed by atoms with Gasteiger partial charge in [0.05, 0.1) is 25.7 Å². The third-order valence-electron chi connectivity index (χ3n) is 5.22. The first-order valence-corrected chi connectivity index (χ1v) is 9.53. The van der Waals surface area contributed by atoms with E-state index in [0.717, 1.165) is 16.8 Å². The average molecular weight is 409 g/mol. The van der Waals surface area contributed by atoms with Crippen molar-refractivity contribution in [2.45, 2.75) is 19.8 Å². The van der Waals surface area contributed by atoms with Gasteiger partial charge in [-0.25, -0.2) is 9.18 Å². The Morgan fingerprint density at radius 3 is 2.13 bits per heavy atom. The van der Waals surface area contributed by atoms with E-state index < -0.39 is 29.6 Å². The summed E-state index contributed by atoms with van der Waals surface area (Å²) in [5.74, 6) is -2.88. The maximum atomic E-state index is 13.6. The molecule has 1 aliphatic rings. The fourth-order valence-corrected chi connectivity index (χ4v) is 3.71. The number of carbonyl (C=O) groups excluding carboxylic acids is 2. The van der Waals surface area contributed by atoms with Crippen LogP contribution < -0.4 is 5.32 Å². The van der Waals surface area contributed by atoms with Gasteiger partial charge in [-0.15, -0.1) is 0 Å². The zero-order valence-electron chi connectivity index (χ0n) is 17.4. The largest absolute Gasteiger partial charge is 0.469 e. The number of anilines is 1. The minimum absolute atomic E-state index is 0.283. The van der Waals surface area contributed by atoms with Crippen molar-refractivity contribution in [3.8, 4) is 0 Å². The summed E-state index contributed by atoms with van der Waals surface area (Å²) >= 11 is 0. The molecule has 2 aromatic carbocycles. The molecular formula is C24H24FNO4. The van der Waals surface area contributed by atoms with Crippen LogP contribution in [0.25, 0.3) is 0 Å². The Hall–Kier alpha value is -3.41. The van der Waals surface area contributed by atoms with Gasteiger partial charge >= 0.3 is 11.9 Å². The number of hydrogen-bond donors (Lipinski definition) is 1. The standard InChI is InChI=1S/C24H24FNO4/c1-14-5-11-18(12-6-14)26-19-13-15(2)20(23(27)29-3)21(22(19)24(28)30-4)16-7-9-17(25)10-8-16/h5-13,20-21,26H,1-4H3/t20-,21+/m1/s1. The van der Waals surface area contributed by atoms with Crippen molar-refractivity contribution >= 4 is 17.6 Å². The highest BCUT2D eigenvalue weighted by atomic mass is 19.1. The molecule has 1 N–H and O–H groups in total. The highest BCUT2D eigenvalue weighted by molar-refractivity contribution is 5.95. The summed E-state index contributed by atoms with van der Waals surface area (Å²) in [5, 5.41) is 3.27. The number of rotatable bonds is 5. The van der Waals surface area contributed by atoms with Crippen molar-refractivity contribution in [3.05, 3.63) is 88.4 Å². The Morgan fingerprint density at radius 2 is 1.57 bits per heavy atom. The quantitative estimate of drug-likeness (QED) is 0.737. The summed E-state index contributed by atoms with van der Waals surface area (Å²) in [6.45, 7) is 3.79. The Labute approximate surface area is 175 Å². The van der Waals surface area contributed by atoms with E-state index in [-0.39, 0.29) is 5.57 Å². The summed E-state index contributed by atoms with van der Waals surface area (Å²) in [6.07, 6.45) is 1.76. The van der Waals surface area contributed by atoms with E-state index in [0.29, 0.717) is 11.3 Å². The predicted octanol–water partition coefficient (Wildman–Crippen LogP) is 4.51. The Morgan fingerprint density at radius 1 is 0.933 bits per heavy atom. The third-order valence-corrected chi connectivity index (χ3v) is 5.22. The van der Waals surface area contributed by atoms with Crippen LogP contribution in [0.4, 0.5) is 10.1 Å². The average Bonchev–Trinajstić information content (AvgIpc) is 2.74. The highest BCUT2D eigenvalue weighted by Crippen LogP contribution is 2.43. The van der Waals surface area contributed by atoms with Gasteiger partial charge in [-0.05, 0) is 49.8 Å². The predicted molar refractivity (Wildman–Crippen MR) is 112 cm³/mol. The molecule has 0 saturated heterocycles. The SMILES string of the molecule is COC(=O)C1=C(Nc2ccc(C)cc2)C=C(C)[C@@H](C(=O)OC)[C@@H]1c1ccc(F)cc1. The molecule has 1 aliphatic carbocycles. The monoisotopic (exact) mass is 409 g/mol. The Bertz CT molecular complexity index is 1010. The molecule has 6 heteroatoms. The maximum Gasteiger partial charge on any atom is 0.336 e. The molecule has 0 spiro atoms. The molecule has 0 saturated carbocycles. The lowest BCUT2D eigenvalue weighted by Gasteiger charge is -2.33. The van der Waals surface area contributed by atoms with Crippen LogP contribution in [0.5, 0.6) is 0 Å². The lowest BCUT2D eigenvalue weighted by molar-refractivity contribution is -0.144. The summed E-state index contributed by atoms with van der Waals surface area (Å²) in [4.78, 5) is 25.5. The molecule has 0 heterocycles. The number of carbonyl (C=O) groups is 2. The van der Waals surface area contributed by atoms with E-state index in [1.165, 1.54) is 26.4 Å². The van der Waals surface area contributed by atoms with Crippen LogP contribution in [0.15, 0.2) is 71.5 Å². The first-order chi connectivity index (χ1) is 14.3. The summed E-state index contributed by atoms with van der Waals surface area (Å²) in [7, 11) is 2.60. The number of hydrogen-bond acceptors (Lipinski definition) is 5. The van der Waals surface area contributed by atoms with Crippen molar-refractivity contribution in [1.29, 1.82) is 0 Å². The molecule has 0 fully saturated rings. The van der Waals surface area contributed by atoms with Gasteiger partial charge in [0.1, 0.15) is 5.82 Å². The van der Waals surface area contributed by atoms with Gasteiger partial charge in [0.2, 0.25) is 0 Å². The van der Waals surface area contributed by atoms with Gasteiger partial charge in [0, 0.05) is 17.3 Å². The highest BCUT2D eigenvalue weighted by Gasteiger charge is 2.41. The second-order valence-corrected chi connectivity index (χ2v) is 7.23. The molecule has 30 heavy (non-hydrogen) atoms. The van der Waals surface area contributed by atoms with Gasteiger partial charge in [0.15, 0.2) is 0 Å². The molecule has 0 aliphatic heterocycles. The lowest BCUT2D eigenvalue weighted by atomic mass is 9.73. The van der Waals surface area contributed by atoms with Crippen molar-refractivity contribution in [3.63, 3.8) is 0 Å². The molecule has 0 aromatic heterocycles. The molecule has 0 radical (unpaired) electrons. The number of methoxy groups -OCH3 is 2. The molecule has 5 nitrogen and oxygen atoms in total. The smallest absolute Gasteiger partial charge is 0.336 e. The minimum atomic E-state index is -0.738. The van der Waals surface area contributed by atoms with Crippen LogP contribution in [-0.4, -0.2) is 26.2 Å². The minimum Gasteiger partial charge on any atom is -0.469 e. The van der Waals surface area contributed by atoms with Crippen molar-refractivity contribution < 1.29 is 23.5 Å². The van der Waals surface area contributed by atoms with Crippen molar-refractivity contribution in [2.75, 3.05) is 19.5 Å². The van der Waals surface area contributed by atoms with Crippen LogP contribution in [0.3, 0.4) is 0 Å². The zero-order valence-corrected chi connectivity index (χ0v) is 17.4. The van der Waals surface area contributed by atoms with Crippen molar-refractivity contribution in [2.24, 2.45) is 5.92 Å². The number of benzene rings is 2. The summed E-state index contributed by atoms with van der Waals surface area (Å²) < 4.78 is 23.6. The lowest BCUT2D eigenvalue weighted by Crippen LogP contribution is -2.33. The second kappa shape index (κ2) is 8.95. The topological polar surface area (TPSA) is 64.6 Å². The third kappa shape index (κ3) is 4.27. The van der Waals surface area contributed by atoms with Crippen LogP contribution in [0.2, 0.25) is 0 Å². The Balaban J connectivity index is 2.19. The molecule has 0 bridgehead atoms. The van der Waals surface area contributed by atoms with Gasteiger partial charge in [-0.2, -0.15) is 0 Å². The number of halogens is 1. The van der Waals surface area contributed by atoms with Crippen LogP contribution in [0, 0.1) is 18.7 Å². The summed E-state index contributed by atoms with van der Waals surface area (Å²) in [6, 6.07) is 13.5. The molecular weight excluding hydrogens is 385 g/mol. The number of nitrogens with one attached hydrogen (secondary N) is 1. The number of ether oxygens (including phenoxy) is 2. The van der Waals surface area contributed by atoms with E-state index in [4.69, 9.17) is 9.47 Å².